The second-order valence-electron chi connectivity index (χ2n) is 6.76. The van der Waals surface area contributed by atoms with Gasteiger partial charge in [-0.15, -0.1) is 11.3 Å². The molecule has 7 nitrogen and oxygen atoms in total. The molecule has 1 aromatic heterocycles. The van der Waals surface area contributed by atoms with Crippen LogP contribution in [0.2, 0.25) is 0 Å². The fourth-order valence-electron chi connectivity index (χ4n) is 2.36. The second-order valence-corrected chi connectivity index (χ2v) is 7.71. The van der Waals surface area contributed by atoms with Crippen molar-refractivity contribution in [1.82, 2.24) is 5.32 Å². The van der Waals surface area contributed by atoms with Gasteiger partial charge in [0.2, 0.25) is 0 Å². The van der Waals surface area contributed by atoms with E-state index in [9.17, 15) is 19.2 Å². The minimum atomic E-state index is -0.631. The van der Waals surface area contributed by atoms with Crippen LogP contribution in [0.1, 0.15) is 46.7 Å². The molecular formula is C21H24N2O5S. The van der Waals surface area contributed by atoms with Crippen molar-refractivity contribution in [2.45, 2.75) is 26.7 Å². The molecule has 2 amide bonds. The van der Waals surface area contributed by atoms with Gasteiger partial charge in [0, 0.05) is 13.0 Å². The number of benzene rings is 1. The van der Waals surface area contributed by atoms with E-state index in [0.717, 1.165) is 0 Å². The monoisotopic (exact) mass is 416 g/mol. The van der Waals surface area contributed by atoms with Gasteiger partial charge in [0.15, 0.2) is 12.4 Å². The van der Waals surface area contributed by atoms with Gasteiger partial charge < -0.3 is 15.4 Å². The molecule has 0 spiro atoms. The van der Waals surface area contributed by atoms with Crippen LogP contribution in [0.15, 0.2) is 41.8 Å². The predicted molar refractivity (Wildman–Crippen MR) is 111 cm³/mol. The average molecular weight is 416 g/mol. The SMILES string of the molecule is CC(C)CNC(=O)c1ccccc1NC(=O)COC(=O)CCC(=O)c1cccs1. The lowest BCUT2D eigenvalue weighted by Gasteiger charge is -2.12. The lowest BCUT2D eigenvalue weighted by molar-refractivity contribution is -0.147. The Morgan fingerprint density at radius 2 is 1.79 bits per heavy atom. The van der Waals surface area contributed by atoms with Gasteiger partial charge in [-0.1, -0.05) is 32.0 Å². The first-order valence-electron chi connectivity index (χ1n) is 9.26. The van der Waals surface area contributed by atoms with Crippen LogP contribution in [0.5, 0.6) is 0 Å². The Balaban J connectivity index is 1.81. The van der Waals surface area contributed by atoms with Gasteiger partial charge in [-0.25, -0.2) is 0 Å². The molecule has 0 aliphatic rings. The molecule has 0 atom stereocenters. The van der Waals surface area contributed by atoms with Crippen molar-refractivity contribution in [3.8, 4) is 0 Å². The van der Waals surface area contributed by atoms with E-state index in [1.165, 1.54) is 11.3 Å². The number of para-hydroxylation sites is 1. The van der Waals surface area contributed by atoms with Gasteiger partial charge in [-0.2, -0.15) is 0 Å². The van der Waals surface area contributed by atoms with Gasteiger partial charge in [-0.05, 0) is 29.5 Å². The Bertz CT molecular complexity index is 862. The number of ether oxygens (including phenoxy) is 1. The largest absolute Gasteiger partial charge is 0.456 e. The summed E-state index contributed by atoms with van der Waals surface area (Å²) in [5, 5.41) is 7.16. The summed E-state index contributed by atoms with van der Waals surface area (Å²) in [4.78, 5) is 48.6. The van der Waals surface area contributed by atoms with Crippen molar-refractivity contribution < 1.29 is 23.9 Å². The normalized spacial score (nSPS) is 10.4. The molecule has 0 aliphatic heterocycles. The molecule has 1 heterocycles. The maximum atomic E-state index is 12.3. The molecule has 0 radical (unpaired) electrons. The van der Waals surface area contributed by atoms with Crippen molar-refractivity contribution in [3.05, 3.63) is 52.2 Å². The molecule has 2 aromatic rings. The van der Waals surface area contributed by atoms with Crippen molar-refractivity contribution >= 4 is 40.6 Å². The Kier molecular flexibility index (Phi) is 8.54. The molecule has 0 unspecified atom stereocenters. The molecule has 8 heteroatoms. The summed E-state index contributed by atoms with van der Waals surface area (Å²) in [7, 11) is 0. The zero-order valence-electron chi connectivity index (χ0n) is 16.4. The minimum Gasteiger partial charge on any atom is -0.456 e. The lowest BCUT2D eigenvalue weighted by Crippen LogP contribution is -2.29. The Morgan fingerprint density at radius 3 is 2.48 bits per heavy atom. The molecular weight excluding hydrogens is 392 g/mol. The van der Waals surface area contributed by atoms with Crippen molar-refractivity contribution in [2.75, 3.05) is 18.5 Å². The van der Waals surface area contributed by atoms with Crippen molar-refractivity contribution in [1.29, 1.82) is 0 Å². The highest BCUT2D eigenvalue weighted by Crippen LogP contribution is 2.15. The van der Waals surface area contributed by atoms with Crippen LogP contribution >= 0.6 is 11.3 Å². The van der Waals surface area contributed by atoms with Crippen molar-refractivity contribution in [3.63, 3.8) is 0 Å². The molecule has 0 saturated carbocycles. The number of carbonyl (C=O) groups excluding carboxylic acids is 4. The highest BCUT2D eigenvalue weighted by Gasteiger charge is 2.15. The van der Waals surface area contributed by atoms with Crippen LogP contribution < -0.4 is 10.6 Å². The molecule has 154 valence electrons. The first kappa shape index (κ1) is 22.3. The third-order valence-electron chi connectivity index (χ3n) is 3.83. The zero-order chi connectivity index (χ0) is 21.2. The van der Waals surface area contributed by atoms with Crippen LogP contribution in [0.3, 0.4) is 0 Å². The zero-order valence-corrected chi connectivity index (χ0v) is 17.2. The smallest absolute Gasteiger partial charge is 0.306 e. The molecule has 0 bridgehead atoms. The Morgan fingerprint density at radius 1 is 1.03 bits per heavy atom. The van der Waals surface area contributed by atoms with Gasteiger partial charge in [0.1, 0.15) is 0 Å². The molecule has 2 rings (SSSR count). The topological polar surface area (TPSA) is 102 Å². The second kappa shape index (κ2) is 11.1. The van der Waals surface area contributed by atoms with E-state index in [4.69, 9.17) is 4.74 Å². The molecule has 0 aliphatic carbocycles. The van der Waals surface area contributed by atoms with E-state index in [-0.39, 0.29) is 24.5 Å². The first-order chi connectivity index (χ1) is 13.9. The summed E-state index contributed by atoms with van der Waals surface area (Å²) >= 11 is 1.31. The maximum absolute atomic E-state index is 12.3. The molecule has 0 fully saturated rings. The summed E-state index contributed by atoms with van der Waals surface area (Å²) in [6, 6.07) is 10.1. The molecule has 2 N–H and O–H groups in total. The summed E-state index contributed by atoms with van der Waals surface area (Å²) in [5.74, 6) is -1.33. The molecule has 1 aromatic carbocycles. The Labute approximate surface area is 173 Å². The number of esters is 1. The predicted octanol–water partition coefficient (Wildman–Crippen LogP) is 3.28. The van der Waals surface area contributed by atoms with Crippen LogP contribution in [-0.2, 0) is 14.3 Å². The third-order valence-corrected chi connectivity index (χ3v) is 4.74. The number of Topliss-reactive ketones (excluding diaryl/α,β-unsaturated/α-hetero) is 1. The quantitative estimate of drug-likeness (QED) is 0.457. The number of hydrogen-bond donors (Lipinski definition) is 2. The lowest BCUT2D eigenvalue weighted by atomic mass is 10.1. The fourth-order valence-corrected chi connectivity index (χ4v) is 3.06. The maximum Gasteiger partial charge on any atom is 0.306 e. The average Bonchev–Trinajstić information content (AvgIpc) is 3.24. The summed E-state index contributed by atoms with van der Waals surface area (Å²) in [5.41, 5.74) is 0.664. The number of thiophene rings is 1. The van der Waals surface area contributed by atoms with Crippen LogP contribution in [-0.4, -0.2) is 36.7 Å². The summed E-state index contributed by atoms with van der Waals surface area (Å²) in [6.07, 6.45) is -0.0714. The number of rotatable bonds is 10. The standard InChI is InChI=1S/C21H24N2O5S/c1-14(2)12-22-21(27)15-6-3-4-7-16(15)23-19(25)13-28-20(26)10-9-17(24)18-8-5-11-29-18/h3-8,11,14H,9-10,12-13H2,1-2H3,(H,22,27)(H,23,25). The summed E-state index contributed by atoms with van der Waals surface area (Å²) < 4.78 is 4.92. The van der Waals surface area contributed by atoms with Gasteiger partial charge >= 0.3 is 5.97 Å². The number of hydrogen-bond acceptors (Lipinski definition) is 6. The van der Waals surface area contributed by atoms with Gasteiger partial charge in [0.05, 0.1) is 22.5 Å². The van der Waals surface area contributed by atoms with E-state index in [2.05, 4.69) is 10.6 Å². The number of anilines is 1. The first-order valence-corrected chi connectivity index (χ1v) is 10.1. The molecule has 29 heavy (non-hydrogen) atoms. The van der Waals surface area contributed by atoms with Gasteiger partial charge in [0.25, 0.3) is 11.8 Å². The van der Waals surface area contributed by atoms with Crippen molar-refractivity contribution in [2.24, 2.45) is 5.92 Å². The van der Waals surface area contributed by atoms with Crippen LogP contribution in [0.4, 0.5) is 5.69 Å². The van der Waals surface area contributed by atoms with E-state index in [1.807, 2.05) is 13.8 Å². The van der Waals surface area contributed by atoms with E-state index in [0.29, 0.717) is 28.6 Å². The van der Waals surface area contributed by atoms with E-state index < -0.39 is 18.5 Å². The van der Waals surface area contributed by atoms with E-state index in [1.54, 1.807) is 41.8 Å². The number of amides is 2. The highest BCUT2D eigenvalue weighted by molar-refractivity contribution is 7.12. The summed E-state index contributed by atoms with van der Waals surface area (Å²) in [6.45, 7) is 3.99. The number of nitrogens with one attached hydrogen (secondary N) is 2. The minimum absolute atomic E-state index is 0.0276. The van der Waals surface area contributed by atoms with E-state index >= 15 is 0 Å². The number of carbonyl (C=O) groups is 4. The van der Waals surface area contributed by atoms with Gasteiger partial charge in [-0.3, -0.25) is 19.2 Å². The van der Waals surface area contributed by atoms with Crippen LogP contribution in [0.25, 0.3) is 0 Å². The highest BCUT2D eigenvalue weighted by atomic mass is 32.1. The Hall–Kier alpha value is -3.00. The third kappa shape index (κ3) is 7.50. The number of ketones is 1. The molecule has 0 saturated heterocycles. The van der Waals surface area contributed by atoms with Crippen LogP contribution in [0, 0.1) is 5.92 Å². The fraction of sp³-hybridized carbons (Fsp3) is 0.333.